The van der Waals surface area contributed by atoms with Crippen molar-refractivity contribution in [3.63, 3.8) is 0 Å². The molecule has 2 aromatic rings. The molecule has 1 aliphatic carbocycles. The van der Waals surface area contributed by atoms with E-state index >= 15 is 0 Å². The largest absolute Gasteiger partial charge is 1.00 e. The van der Waals surface area contributed by atoms with Crippen LogP contribution in [0, 0.1) is 12.3 Å². The normalized spacial score (nSPS) is 23.7. The number of nitrogens with zero attached hydrogens (tertiary/aromatic N) is 1. The van der Waals surface area contributed by atoms with Gasteiger partial charge in [-0.1, -0.05) is 24.3 Å². The van der Waals surface area contributed by atoms with Gasteiger partial charge in [-0.25, -0.2) is 0 Å². The van der Waals surface area contributed by atoms with Gasteiger partial charge in [-0.3, -0.25) is 0 Å². The van der Waals surface area contributed by atoms with Crippen molar-refractivity contribution in [3.05, 3.63) is 65.0 Å². The van der Waals surface area contributed by atoms with Crippen LogP contribution in [0.5, 0.6) is 0 Å². The number of fused-ring (bicyclic) bond motifs is 1. The second-order valence-corrected chi connectivity index (χ2v) is 7.68. The predicted molar refractivity (Wildman–Crippen MR) is 97.6 cm³/mol. The van der Waals surface area contributed by atoms with Gasteiger partial charge in [0.15, 0.2) is 23.2 Å². The summed E-state index contributed by atoms with van der Waals surface area (Å²) in [5, 5.41) is 0. The van der Waals surface area contributed by atoms with Gasteiger partial charge in [0.25, 0.3) is 0 Å². The maximum Gasteiger partial charge on any atom is 0.196 e. The van der Waals surface area contributed by atoms with Crippen LogP contribution < -0.4 is 17.0 Å². The lowest BCUT2D eigenvalue weighted by Gasteiger charge is -2.57. The van der Waals surface area contributed by atoms with E-state index in [9.17, 15) is 0 Å². The van der Waals surface area contributed by atoms with Crippen molar-refractivity contribution < 1.29 is 26.4 Å². The lowest BCUT2D eigenvalue weighted by Crippen LogP contribution is -3.00. The number of ether oxygens (including phenoxy) is 2. The van der Waals surface area contributed by atoms with E-state index in [4.69, 9.17) is 9.47 Å². The van der Waals surface area contributed by atoms with Gasteiger partial charge >= 0.3 is 0 Å². The molecule has 1 aromatic carbocycles. The molecule has 3 nitrogen and oxygen atoms in total. The van der Waals surface area contributed by atoms with E-state index in [-0.39, 0.29) is 29.8 Å². The van der Waals surface area contributed by atoms with Crippen LogP contribution in [-0.2, 0) is 9.47 Å². The summed E-state index contributed by atoms with van der Waals surface area (Å²) in [6, 6.07) is 15.6. The van der Waals surface area contributed by atoms with Crippen LogP contribution in [0.1, 0.15) is 62.2 Å². The Kier molecular flexibility index (Phi) is 4.93. The standard InChI is InChI=1S/C22H28NO2.ClH/c1-6-24-22(25-7-2)19-16-12-8-9-13-17(16)20(21(22,4)5)23-15(3)11-10-14-18(19)23;/h8-14,19-20H,6-7H2,1-5H3;1H/q+1;/p-1/t19-,20-;/m0./s1. The van der Waals surface area contributed by atoms with Crippen LogP contribution in [0.3, 0.4) is 0 Å². The van der Waals surface area contributed by atoms with Crippen molar-refractivity contribution in [2.75, 3.05) is 13.2 Å². The molecule has 5 rings (SSSR count). The maximum absolute atomic E-state index is 6.48. The van der Waals surface area contributed by atoms with Crippen LogP contribution >= 0.6 is 0 Å². The van der Waals surface area contributed by atoms with E-state index in [1.807, 2.05) is 0 Å². The molecule has 0 amide bonds. The molecule has 3 aliphatic rings. The Balaban J connectivity index is 0.00000196. The van der Waals surface area contributed by atoms with Gasteiger partial charge in [0.1, 0.15) is 5.92 Å². The first kappa shape index (κ1) is 19.3. The van der Waals surface area contributed by atoms with Gasteiger partial charge in [0.2, 0.25) is 0 Å². The third kappa shape index (κ3) is 2.24. The molecule has 0 saturated carbocycles. The van der Waals surface area contributed by atoms with Gasteiger partial charge < -0.3 is 21.9 Å². The number of pyridine rings is 1. The highest BCUT2D eigenvalue weighted by atomic mass is 35.5. The quantitative estimate of drug-likeness (QED) is 0.592. The van der Waals surface area contributed by atoms with Crippen molar-refractivity contribution in [3.8, 4) is 0 Å². The topological polar surface area (TPSA) is 22.3 Å². The van der Waals surface area contributed by atoms with E-state index in [1.165, 1.54) is 22.5 Å². The minimum atomic E-state index is -0.649. The number of aromatic nitrogens is 1. The minimum absolute atomic E-state index is 0. The lowest BCUT2D eigenvalue weighted by molar-refractivity contribution is -0.760. The minimum Gasteiger partial charge on any atom is -1.00 e. The highest BCUT2D eigenvalue weighted by molar-refractivity contribution is 5.46. The Labute approximate surface area is 162 Å². The summed E-state index contributed by atoms with van der Waals surface area (Å²) >= 11 is 0. The molecule has 2 aliphatic heterocycles. The molecule has 0 saturated heterocycles. The van der Waals surface area contributed by atoms with Crippen molar-refractivity contribution in [1.29, 1.82) is 0 Å². The number of hydrogen-bond acceptors (Lipinski definition) is 2. The Morgan fingerprint density at radius 2 is 1.54 bits per heavy atom. The summed E-state index contributed by atoms with van der Waals surface area (Å²) in [6.07, 6.45) is 0. The summed E-state index contributed by atoms with van der Waals surface area (Å²) in [7, 11) is 0. The van der Waals surface area contributed by atoms with E-state index in [0.717, 1.165) is 0 Å². The maximum atomic E-state index is 6.48. The number of benzene rings is 1. The first-order chi connectivity index (χ1) is 12.0. The fourth-order valence-corrected chi connectivity index (χ4v) is 5.24. The number of hydrogen-bond donors (Lipinski definition) is 0. The molecule has 0 radical (unpaired) electrons. The van der Waals surface area contributed by atoms with Gasteiger partial charge in [-0.15, -0.1) is 0 Å². The van der Waals surface area contributed by atoms with Crippen LogP contribution in [0.25, 0.3) is 0 Å². The molecule has 1 aromatic heterocycles. The number of halogens is 1. The zero-order chi connectivity index (χ0) is 17.8. The molecule has 140 valence electrons. The summed E-state index contributed by atoms with van der Waals surface area (Å²) in [5.74, 6) is -0.577. The summed E-state index contributed by atoms with van der Waals surface area (Å²) in [5.41, 5.74) is 5.14. The second-order valence-electron chi connectivity index (χ2n) is 7.68. The predicted octanol–water partition coefficient (Wildman–Crippen LogP) is 1.13. The number of rotatable bonds is 4. The highest BCUT2D eigenvalue weighted by Gasteiger charge is 2.70. The summed E-state index contributed by atoms with van der Waals surface area (Å²) < 4.78 is 15.5. The van der Waals surface area contributed by atoms with Gasteiger partial charge in [0, 0.05) is 37.8 Å². The molecule has 4 heteroatoms. The molecular weight excluding hydrogens is 346 g/mol. The van der Waals surface area contributed by atoms with E-state index in [1.54, 1.807) is 0 Å². The Morgan fingerprint density at radius 3 is 2.15 bits per heavy atom. The Bertz CT molecular complexity index is 812. The first-order valence-corrected chi connectivity index (χ1v) is 9.37. The lowest BCUT2D eigenvalue weighted by atomic mass is 9.57. The highest BCUT2D eigenvalue weighted by Crippen LogP contribution is 2.61. The van der Waals surface area contributed by atoms with Gasteiger partial charge in [-0.2, -0.15) is 4.57 Å². The zero-order valence-electron chi connectivity index (χ0n) is 16.3. The van der Waals surface area contributed by atoms with Crippen LogP contribution in [0.4, 0.5) is 0 Å². The molecule has 2 atom stereocenters. The van der Waals surface area contributed by atoms with Crippen molar-refractivity contribution in [2.24, 2.45) is 5.41 Å². The molecule has 0 spiro atoms. The molecule has 0 N–H and O–H groups in total. The second kappa shape index (κ2) is 6.63. The van der Waals surface area contributed by atoms with E-state index in [2.05, 4.69) is 81.7 Å². The van der Waals surface area contributed by atoms with Crippen LogP contribution in [-0.4, -0.2) is 19.0 Å². The molecule has 0 fully saturated rings. The van der Waals surface area contributed by atoms with Crippen molar-refractivity contribution >= 4 is 0 Å². The average Bonchev–Trinajstić information content (AvgIpc) is 2.58. The van der Waals surface area contributed by atoms with Crippen molar-refractivity contribution in [2.45, 2.75) is 52.4 Å². The SMILES string of the molecule is CCOC1(OCC)[C@H]2c3ccccc3[C@H]([n+]3c(C)cccc32)C1(C)C.[Cl-]. The third-order valence-corrected chi connectivity index (χ3v) is 6.10. The molecular formula is C22H28ClNO2. The van der Waals surface area contributed by atoms with Gasteiger partial charge in [0.05, 0.1) is 5.41 Å². The first-order valence-electron chi connectivity index (χ1n) is 9.37. The fraction of sp³-hybridized carbons (Fsp3) is 0.500. The van der Waals surface area contributed by atoms with E-state index in [0.29, 0.717) is 13.2 Å². The third-order valence-electron chi connectivity index (χ3n) is 6.10. The van der Waals surface area contributed by atoms with Gasteiger partial charge in [-0.05, 0) is 39.3 Å². The van der Waals surface area contributed by atoms with Crippen molar-refractivity contribution in [1.82, 2.24) is 0 Å². The van der Waals surface area contributed by atoms with E-state index < -0.39 is 5.79 Å². The smallest absolute Gasteiger partial charge is 0.196 e. The molecule has 2 bridgehead atoms. The fourth-order valence-electron chi connectivity index (χ4n) is 5.24. The summed E-state index contributed by atoms with van der Waals surface area (Å²) in [4.78, 5) is 0. The average molecular weight is 374 g/mol. The Morgan fingerprint density at radius 1 is 0.923 bits per heavy atom. The zero-order valence-corrected chi connectivity index (χ0v) is 17.0. The number of aryl methyl sites for hydroxylation is 1. The Hall–Kier alpha value is -1.42. The molecule has 3 heterocycles. The molecule has 26 heavy (non-hydrogen) atoms. The molecule has 0 unspecified atom stereocenters. The monoisotopic (exact) mass is 373 g/mol. The van der Waals surface area contributed by atoms with Crippen LogP contribution in [0.15, 0.2) is 42.5 Å². The van der Waals surface area contributed by atoms with Crippen LogP contribution in [0.2, 0.25) is 0 Å². The summed E-state index contributed by atoms with van der Waals surface area (Å²) in [6.45, 7) is 12.2.